The van der Waals surface area contributed by atoms with Crippen LogP contribution in [0.5, 0.6) is 0 Å². The van der Waals surface area contributed by atoms with Gasteiger partial charge in [0, 0.05) is 5.56 Å². The Labute approximate surface area is 96.8 Å². The Bertz CT molecular complexity index is 486. The third kappa shape index (κ3) is 1.73. The third-order valence-corrected chi connectivity index (χ3v) is 3.17. The van der Waals surface area contributed by atoms with E-state index in [4.69, 9.17) is 4.42 Å². The van der Waals surface area contributed by atoms with Gasteiger partial charge in [-0.2, -0.15) is 0 Å². The molecule has 1 aromatic carbocycles. The van der Waals surface area contributed by atoms with Crippen molar-refractivity contribution in [2.75, 3.05) is 0 Å². The predicted octanol–water partition coefficient (Wildman–Crippen LogP) is 4.46. The van der Waals surface area contributed by atoms with Crippen molar-refractivity contribution in [3.63, 3.8) is 0 Å². The SMILES string of the molecule is Cc1[o+]c(C)c(C)c(-c2ccccc2)c1C. The molecule has 0 saturated heterocycles. The Balaban J connectivity index is 2.74. The Morgan fingerprint density at radius 3 is 1.75 bits per heavy atom. The standard InChI is InChI=1S/C15H17O/c1-10-12(3)16-13(4)11(2)15(10)14-8-6-5-7-9-14/h5-9H,1-4H3/q+1. The summed E-state index contributed by atoms with van der Waals surface area (Å²) < 4.78 is 5.70. The lowest BCUT2D eigenvalue weighted by molar-refractivity contribution is 0.478. The molecule has 0 fully saturated rings. The van der Waals surface area contributed by atoms with Crippen LogP contribution in [0.3, 0.4) is 0 Å². The number of hydrogen-bond acceptors (Lipinski definition) is 0. The largest absolute Gasteiger partial charge is 0.329 e. The molecule has 2 rings (SSSR count). The van der Waals surface area contributed by atoms with E-state index in [9.17, 15) is 0 Å². The highest BCUT2D eigenvalue weighted by Gasteiger charge is 2.20. The molecule has 0 aliphatic rings. The lowest BCUT2D eigenvalue weighted by atomic mass is 9.95. The first-order valence-electron chi connectivity index (χ1n) is 5.57. The second-order valence-corrected chi connectivity index (χ2v) is 4.21. The summed E-state index contributed by atoms with van der Waals surface area (Å²) in [4.78, 5) is 0. The first kappa shape index (κ1) is 10.9. The highest BCUT2D eigenvalue weighted by molar-refractivity contribution is 5.71. The molecule has 2 aromatic rings. The van der Waals surface area contributed by atoms with Crippen LogP contribution in [0.4, 0.5) is 0 Å². The molecular weight excluding hydrogens is 196 g/mol. The van der Waals surface area contributed by atoms with E-state index in [-0.39, 0.29) is 0 Å². The van der Waals surface area contributed by atoms with Crippen LogP contribution in [0.15, 0.2) is 34.7 Å². The lowest BCUT2D eigenvalue weighted by Gasteiger charge is -2.07. The minimum atomic E-state index is 1.00. The van der Waals surface area contributed by atoms with Gasteiger partial charge in [0.2, 0.25) is 0 Å². The number of benzene rings is 1. The zero-order valence-corrected chi connectivity index (χ0v) is 10.3. The molecular formula is C15H17O+. The summed E-state index contributed by atoms with van der Waals surface area (Å²) >= 11 is 0. The van der Waals surface area contributed by atoms with E-state index >= 15 is 0 Å². The van der Waals surface area contributed by atoms with Gasteiger partial charge >= 0.3 is 11.5 Å². The fraction of sp³-hybridized carbons (Fsp3) is 0.267. The maximum absolute atomic E-state index is 5.70. The van der Waals surface area contributed by atoms with E-state index in [2.05, 4.69) is 38.1 Å². The van der Waals surface area contributed by atoms with Crippen LogP contribution in [-0.4, -0.2) is 0 Å². The molecule has 0 unspecified atom stereocenters. The summed E-state index contributed by atoms with van der Waals surface area (Å²) in [6.07, 6.45) is 0. The van der Waals surface area contributed by atoms with Crippen LogP contribution in [0.25, 0.3) is 11.1 Å². The summed E-state index contributed by atoms with van der Waals surface area (Å²) in [5.74, 6) is 2.00. The quantitative estimate of drug-likeness (QED) is 0.636. The molecule has 0 radical (unpaired) electrons. The topological polar surface area (TPSA) is 11.3 Å². The average molecular weight is 213 g/mol. The van der Waals surface area contributed by atoms with E-state index in [0.717, 1.165) is 11.5 Å². The van der Waals surface area contributed by atoms with Gasteiger partial charge in [-0.15, -0.1) is 0 Å². The maximum atomic E-state index is 5.70. The van der Waals surface area contributed by atoms with Crippen LogP contribution in [0.2, 0.25) is 0 Å². The number of hydrogen-bond donors (Lipinski definition) is 0. The van der Waals surface area contributed by atoms with Crippen molar-refractivity contribution in [1.29, 1.82) is 0 Å². The van der Waals surface area contributed by atoms with Gasteiger partial charge in [-0.1, -0.05) is 30.3 Å². The molecule has 0 spiro atoms. The zero-order chi connectivity index (χ0) is 11.7. The summed E-state index contributed by atoms with van der Waals surface area (Å²) in [6.45, 7) is 8.28. The van der Waals surface area contributed by atoms with Gasteiger partial charge in [-0.25, -0.2) is 4.42 Å². The van der Waals surface area contributed by atoms with Gasteiger partial charge in [0.25, 0.3) is 0 Å². The molecule has 1 heterocycles. The Morgan fingerprint density at radius 2 is 1.25 bits per heavy atom. The van der Waals surface area contributed by atoms with Gasteiger partial charge in [-0.05, 0) is 19.4 Å². The second-order valence-electron chi connectivity index (χ2n) is 4.21. The van der Waals surface area contributed by atoms with Crippen LogP contribution >= 0.6 is 0 Å². The number of aryl methyl sites for hydroxylation is 2. The van der Waals surface area contributed by atoms with Gasteiger partial charge in [-0.3, -0.25) is 0 Å². The third-order valence-electron chi connectivity index (χ3n) is 3.17. The van der Waals surface area contributed by atoms with Crippen LogP contribution < -0.4 is 0 Å². The second kappa shape index (κ2) is 4.09. The number of rotatable bonds is 1. The summed E-state index contributed by atoms with van der Waals surface area (Å²) in [5, 5.41) is 0. The van der Waals surface area contributed by atoms with Crippen molar-refractivity contribution in [2.45, 2.75) is 27.7 Å². The molecule has 1 heteroatoms. The zero-order valence-electron chi connectivity index (χ0n) is 10.3. The summed E-state index contributed by atoms with van der Waals surface area (Å²) in [6, 6.07) is 10.5. The van der Waals surface area contributed by atoms with Crippen LogP contribution in [0.1, 0.15) is 22.6 Å². The highest BCUT2D eigenvalue weighted by atomic mass is 16.3. The molecule has 16 heavy (non-hydrogen) atoms. The molecule has 0 atom stereocenters. The van der Waals surface area contributed by atoms with Crippen molar-refractivity contribution in [2.24, 2.45) is 0 Å². The maximum Gasteiger partial charge on any atom is 0.329 e. The van der Waals surface area contributed by atoms with Gasteiger partial charge < -0.3 is 0 Å². The molecule has 0 saturated carbocycles. The molecule has 82 valence electrons. The minimum absolute atomic E-state index is 1.00. The van der Waals surface area contributed by atoms with Crippen LogP contribution in [-0.2, 0) is 0 Å². The van der Waals surface area contributed by atoms with Crippen molar-refractivity contribution in [1.82, 2.24) is 0 Å². The molecule has 0 aliphatic heterocycles. The van der Waals surface area contributed by atoms with Crippen molar-refractivity contribution >= 4 is 0 Å². The minimum Gasteiger partial charge on any atom is -0.218 e. The molecule has 1 nitrogen and oxygen atoms in total. The molecule has 0 aliphatic carbocycles. The smallest absolute Gasteiger partial charge is 0.218 e. The fourth-order valence-electron chi connectivity index (χ4n) is 2.05. The summed E-state index contributed by atoms with van der Waals surface area (Å²) in [5.41, 5.74) is 5.03. The fourth-order valence-corrected chi connectivity index (χ4v) is 2.05. The van der Waals surface area contributed by atoms with Gasteiger partial charge in [0.15, 0.2) is 0 Å². The van der Waals surface area contributed by atoms with Crippen molar-refractivity contribution < 1.29 is 4.42 Å². The van der Waals surface area contributed by atoms with E-state index in [1.165, 1.54) is 22.3 Å². The average Bonchev–Trinajstić information content (AvgIpc) is 2.28. The lowest BCUT2D eigenvalue weighted by Crippen LogP contribution is -1.94. The van der Waals surface area contributed by atoms with E-state index in [1.807, 2.05) is 19.9 Å². The first-order valence-corrected chi connectivity index (χ1v) is 5.57. The highest BCUT2D eigenvalue weighted by Crippen LogP contribution is 2.31. The normalized spacial score (nSPS) is 10.5. The summed E-state index contributed by atoms with van der Waals surface area (Å²) in [7, 11) is 0. The molecule has 1 aromatic heterocycles. The van der Waals surface area contributed by atoms with Crippen LogP contribution in [0, 0.1) is 27.7 Å². The predicted molar refractivity (Wildman–Crippen MR) is 67.5 cm³/mol. The Morgan fingerprint density at radius 1 is 0.750 bits per heavy atom. The van der Waals surface area contributed by atoms with E-state index in [0.29, 0.717) is 0 Å². The van der Waals surface area contributed by atoms with Gasteiger partial charge in [0.1, 0.15) is 0 Å². The molecule has 0 bridgehead atoms. The van der Waals surface area contributed by atoms with Gasteiger partial charge in [0.05, 0.1) is 25.0 Å². The Hall–Kier alpha value is -1.63. The van der Waals surface area contributed by atoms with E-state index in [1.54, 1.807) is 0 Å². The Kier molecular flexibility index (Phi) is 2.78. The molecule has 0 N–H and O–H groups in total. The van der Waals surface area contributed by atoms with E-state index < -0.39 is 0 Å². The first-order chi connectivity index (χ1) is 7.61. The van der Waals surface area contributed by atoms with Crippen molar-refractivity contribution in [3.05, 3.63) is 53.0 Å². The van der Waals surface area contributed by atoms with Crippen molar-refractivity contribution in [3.8, 4) is 11.1 Å². The monoisotopic (exact) mass is 213 g/mol. The molecule has 0 amide bonds.